The predicted octanol–water partition coefficient (Wildman–Crippen LogP) is 0.465. The Bertz CT molecular complexity index is 3410. The zero-order chi connectivity index (χ0) is 66.5. The van der Waals surface area contributed by atoms with Crippen LogP contribution in [0, 0.1) is 0 Å². The fourth-order valence-corrected chi connectivity index (χ4v) is 10.4. The molecule has 1 aromatic heterocycles. The summed E-state index contributed by atoms with van der Waals surface area (Å²) in [6.45, 7) is 1.52. The Morgan fingerprint density at radius 3 is 1.34 bits per heavy atom. The lowest BCUT2D eigenvalue weighted by Gasteiger charge is -2.29. The Balaban J connectivity index is 1.28. The van der Waals surface area contributed by atoms with Gasteiger partial charge in [-0.25, -0.2) is 4.79 Å². The van der Waals surface area contributed by atoms with Crippen molar-refractivity contribution in [1.82, 2.24) is 47.5 Å². The molecular weight excluding hydrogens is 1200 g/mol. The minimum atomic E-state index is -1.69. The predicted molar refractivity (Wildman–Crippen MR) is 352 cm³/mol. The van der Waals surface area contributed by atoms with Gasteiger partial charge in [-0.3, -0.25) is 43.3 Å². The number of carbonyl (C=O) groups excluding carboxylic acids is 8. The van der Waals surface area contributed by atoms with Crippen LogP contribution < -0.4 is 65.5 Å². The molecule has 25 nitrogen and oxygen atoms in total. The summed E-state index contributed by atoms with van der Waals surface area (Å²) in [5.41, 5.74) is 27.2. The lowest BCUT2D eigenvalue weighted by molar-refractivity contribution is -0.143. The Labute approximate surface area is 539 Å². The van der Waals surface area contributed by atoms with Gasteiger partial charge in [-0.2, -0.15) is 12.6 Å². The molecule has 0 unspecified atom stereocenters. The van der Waals surface area contributed by atoms with Crippen LogP contribution in [0.3, 0.4) is 0 Å². The van der Waals surface area contributed by atoms with E-state index in [9.17, 15) is 39.0 Å². The lowest BCUT2D eigenvalue weighted by Crippen LogP contribution is -2.62. The number of unbranched alkanes of at least 4 members (excludes halogenated alkanes) is 1. The number of thiol groups is 1. The van der Waals surface area contributed by atoms with Crippen LogP contribution >= 0.6 is 12.6 Å². The van der Waals surface area contributed by atoms with Crippen molar-refractivity contribution in [3.63, 3.8) is 0 Å². The van der Waals surface area contributed by atoms with Gasteiger partial charge in [0.05, 0.1) is 12.1 Å². The van der Waals surface area contributed by atoms with E-state index in [0.29, 0.717) is 46.0 Å². The zero-order valence-electron chi connectivity index (χ0n) is 51.2. The van der Waals surface area contributed by atoms with E-state index in [2.05, 4.69) is 65.1 Å². The third-order valence-electron chi connectivity index (χ3n) is 15.1. The monoisotopic (exact) mass is 1280 g/mol. The summed E-state index contributed by atoms with van der Waals surface area (Å²) in [4.78, 5) is 135. The molecule has 0 spiro atoms. The smallest absolute Gasteiger partial charge is 0.326 e. The summed E-state index contributed by atoms with van der Waals surface area (Å²) < 4.78 is 0. The Morgan fingerprint density at radius 2 is 0.870 bits per heavy atom. The van der Waals surface area contributed by atoms with Gasteiger partial charge in [-0.1, -0.05) is 140 Å². The summed E-state index contributed by atoms with van der Waals surface area (Å²) >= 11 is 4.33. The van der Waals surface area contributed by atoms with Crippen LogP contribution in [-0.4, -0.2) is 154 Å². The van der Waals surface area contributed by atoms with Crippen LogP contribution in [0.25, 0.3) is 10.9 Å². The third-order valence-corrected chi connectivity index (χ3v) is 15.5. The fourth-order valence-electron chi connectivity index (χ4n) is 10.1. The van der Waals surface area contributed by atoms with Crippen molar-refractivity contribution in [2.75, 3.05) is 18.8 Å². The minimum Gasteiger partial charge on any atom is -0.480 e. The fraction of sp³-hybridized carbons (Fsp3) is 0.364. The van der Waals surface area contributed by atoms with Gasteiger partial charge in [-0.15, -0.1) is 0 Å². The topological polar surface area (TPSA) is 423 Å². The van der Waals surface area contributed by atoms with E-state index >= 15 is 14.4 Å². The Kier molecular flexibility index (Phi) is 28.6. The average Bonchev–Trinajstić information content (AvgIpc) is 1.74. The van der Waals surface area contributed by atoms with Crippen molar-refractivity contribution >= 4 is 82.7 Å². The van der Waals surface area contributed by atoms with Gasteiger partial charge in [0.2, 0.25) is 47.3 Å². The van der Waals surface area contributed by atoms with Gasteiger partial charge in [0.25, 0.3) is 0 Å². The second-order valence-electron chi connectivity index (χ2n) is 22.3. The van der Waals surface area contributed by atoms with Crippen LogP contribution in [0.2, 0.25) is 0 Å². The molecule has 92 heavy (non-hydrogen) atoms. The molecule has 1 heterocycles. The number of carboxylic acids is 1. The maximum Gasteiger partial charge on any atom is 0.326 e. The van der Waals surface area contributed by atoms with Crippen molar-refractivity contribution < 1.29 is 53.4 Å². The molecule has 19 N–H and O–H groups in total. The highest BCUT2D eigenvalue weighted by molar-refractivity contribution is 7.80. The van der Waals surface area contributed by atoms with E-state index in [1.165, 1.54) is 6.92 Å². The summed E-state index contributed by atoms with van der Waals surface area (Å²) in [5, 5.41) is 43.1. The molecule has 0 aliphatic carbocycles. The third kappa shape index (κ3) is 23.0. The molecule has 0 aliphatic rings. The maximum absolute atomic E-state index is 15.2. The number of aromatic nitrogens is 1. The molecule has 0 saturated carbocycles. The van der Waals surface area contributed by atoms with E-state index in [1.807, 2.05) is 36.4 Å². The molecule has 8 amide bonds. The van der Waals surface area contributed by atoms with Gasteiger partial charge in [0.1, 0.15) is 48.3 Å². The van der Waals surface area contributed by atoms with Gasteiger partial charge in [-0.05, 0) is 85.9 Å². The number of carbonyl (C=O) groups is 9. The largest absolute Gasteiger partial charge is 0.480 e. The zero-order valence-corrected chi connectivity index (χ0v) is 52.1. The summed E-state index contributed by atoms with van der Waals surface area (Å²) in [7, 11) is 0. The van der Waals surface area contributed by atoms with Gasteiger partial charge in [0, 0.05) is 55.1 Å². The number of benzene rings is 5. The number of guanidine groups is 1. The molecule has 0 bridgehead atoms. The quantitative estimate of drug-likeness (QED) is 0.0109. The molecule has 26 heteroatoms. The highest BCUT2D eigenvalue weighted by Crippen LogP contribution is 2.20. The number of rotatable bonds is 37. The van der Waals surface area contributed by atoms with Crippen LogP contribution in [0.5, 0.6) is 0 Å². The molecule has 0 aliphatic heterocycles. The maximum atomic E-state index is 15.2. The van der Waals surface area contributed by atoms with Crippen LogP contribution in [0.15, 0.2) is 157 Å². The van der Waals surface area contributed by atoms with Crippen molar-refractivity contribution in [3.05, 3.63) is 180 Å². The number of hydrogen-bond acceptors (Lipinski definition) is 14. The number of aliphatic imine (C=N–C) groups is 1. The first-order valence-electron chi connectivity index (χ1n) is 30.4. The number of aliphatic carboxylic acids is 1. The number of nitrogens with one attached hydrogen (secondary N) is 9. The normalized spacial score (nSPS) is 14.4. The number of aliphatic hydroxyl groups excluding tert-OH is 1. The molecule has 0 radical (unpaired) electrons. The van der Waals surface area contributed by atoms with Crippen molar-refractivity contribution in [3.8, 4) is 0 Å². The number of para-hydroxylation sites is 1. The minimum absolute atomic E-state index is 0.0271. The number of hydrogen-bond donors (Lipinski definition) is 16. The Hall–Kier alpha value is -9.63. The summed E-state index contributed by atoms with van der Waals surface area (Å²) in [6.07, 6.45) is 0.573. The number of fused-ring (bicyclic) bond motifs is 1. The van der Waals surface area contributed by atoms with Crippen LogP contribution in [-0.2, 0) is 75.3 Å². The summed E-state index contributed by atoms with van der Waals surface area (Å²) in [6, 6.07) is 29.7. The van der Waals surface area contributed by atoms with Crippen molar-refractivity contribution in [2.45, 2.75) is 132 Å². The van der Waals surface area contributed by atoms with Crippen molar-refractivity contribution in [1.29, 1.82) is 0 Å². The number of H-pyrrole nitrogens is 1. The van der Waals surface area contributed by atoms with Crippen molar-refractivity contribution in [2.24, 2.45) is 27.9 Å². The Morgan fingerprint density at radius 1 is 0.478 bits per heavy atom. The highest BCUT2D eigenvalue weighted by atomic mass is 32.1. The molecular formula is C66H84N14O11S. The summed E-state index contributed by atoms with van der Waals surface area (Å²) in [5.74, 6) is -8.44. The van der Waals surface area contributed by atoms with Crippen LogP contribution in [0.4, 0.5) is 0 Å². The first kappa shape index (κ1) is 71.4. The molecule has 6 aromatic rings. The van der Waals surface area contributed by atoms with E-state index in [-0.39, 0.29) is 76.2 Å². The number of nitrogens with two attached hydrogens (primary N) is 4. The first-order chi connectivity index (χ1) is 44.2. The van der Waals surface area contributed by atoms with Gasteiger partial charge < -0.3 is 80.7 Å². The second kappa shape index (κ2) is 36.9. The lowest BCUT2D eigenvalue weighted by atomic mass is 10.00. The van der Waals surface area contributed by atoms with Crippen LogP contribution in [0.1, 0.15) is 66.8 Å². The molecule has 0 fully saturated rings. The molecule has 0 saturated heterocycles. The van der Waals surface area contributed by atoms with Gasteiger partial charge in [0.15, 0.2) is 5.96 Å². The molecule has 490 valence electrons. The second-order valence-corrected chi connectivity index (χ2v) is 22.7. The molecule has 6 rings (SSSR count). The molecule has 10 atom stereocenters. The average molecular weight is 1280 g/mol. The van der Waals surface area contributed by atoms with E-state index < -0.39 is 114 Å². The molecule has 5 aromatic carbocycles. The highest BCUT2D eigenvalue weighted by Gasteiger charge is 2.37. The standard InChI is InChI=1S/C66H84N14O11S/c1-40(81)56(64(89)78-54(65(90)91)36-44-25-12-5-13-26-44)80-59(84)49(29-16-17-31-67)73-62(87)53(37-45-38-72-48-28-15-14-27-46(45)48)77-61(86)52(35-43-23-10-4-11-24-43)76-60(85)51(34-42-21-8-3-9-22-42)75-58(83)50(30-18-32-71-66(69)70)74-63(88)55(39-92)79-57(82)47(68)33-41-19-6-2-7-20-41/h2-15,19-28,38,40,47,49-56,72,81,92H,16-18,29-37,39,67-68H2,1H3,(H,73,87)(H,74,88)(H,75,83)(H,76,85)(H,77,86)(H,78,89)(H,79,82)(H,80,84)(H,90,91)(H4,69,70,71)/t40-,47-,49+,50+,51+,52+,53-,54+,55+,56+/m1/s1. The van der Waals surface area contributed by atoms with E-state index in [0.717, 1.165) is 5.56 Å². The number of aliphatic hydroxyl groups is 1. The number of nitrogens with zero attached hydrogens (tertiary/aromatic N) is 1. The van der Waals surface area contributed by atoms with Gasteiger partial charge >= 0.3 is 5.97 Å². The number of aromatic amines is 1. The SMILES string of the molecule is C[C@@H](O)[C@H](NC(=O)[C@H](CCCCN)NC(=O)[C@@H](Cc1c[nH]c2ccccc12)NC(=O)[C@H](Cc1ccccc1)NC(=O)[C@H](Cc1ccccc1)NC(=O)[C@H](CCCN=C(N)N)NC(=O)[C@H](CS)NC(=O)[C@H](N)Cc1ccccc1)C(=O)N[C@@H](Cc1ccccc1)C(=O)O. The first-order valence-corrected chi connectivity index (χ1v) is 31.0. The van der Waals surface area contributed by atoms with E-state index in [4.69, 9.17) is 22.9 Å². The number of amides is 8. The van der Waals surface area contributed by atoms with E-state index in [1.54, 1.807) is 115 Å². The number of carboxylic acid groups (broad SMARTS) is 1.